The minimum atomic E-state index is -0.391. The zero-order valence-electron chi connectivity index (χ0n) is 11.2. The van der Waals surface area contributed by atoms with Crippen LogP contribution in [-0.4, -0.2) is 20.2 Å². The normalized spacial score (nSPS) is 12.2. The predicted octanol–water partition coefficient (Wildman–Crippen LogP) is 2.08. The molecule has 0 aliphatic rings. The zero-order chi connectivity index (χ0) is 14.7. The van der Waals surface area contributed by atoms with Crippen molar-refractivity contribution in [1.29, 1.82) is 0 Å². The van der Waals surface area contributed by atoms with Crippen molar-refractivity contribution in [1.82, 2.24) is 15.1 Å². The highest BCUT2D eigenvalue weighted by molar-refractivity contribution is 5.52. The van der Waals surface area contributed by atoms with E-state index >= 15 is 0 Å². The standard InChI is InChI=1S/C15H14N4O2/c16-13(9-10-1-3-12(20)4-2-10)15-18-14(19-21-15)11-5-7-17-8-6-11/h1-8,13,20H,9,16H2/t13-/m1/s1. The lowest BCUT2D eigenvalue weighted by Gasteiger charge is -2.06. The van der Waals surface area contributed by atoms with Gasteiger partial charge in [-0.05, 0) is 36.2 Å². The smallest absolute Gasteiger partial charge is 0.244 e. The van der Waals surface area contributed by atoms with Gasteiger partial charge in [0.15, 0.2) is 0 Å². The fourth-order valence-corrected chi connectivity index (χ4v) is 1.98. The molecule has 0 unspecified atom stereocenters. The van der Waals surface area contributed by atoms with Crippen LogP contribution in [-0.2, 0) is 6.42 Å². The summed E-state index contributed by atoms with van der Waals surface area (Å²) in [5.41, 5.74) is 7.91. The lowest BCUT2D eigenvalue weighted by atomic mass is 10.1. The Kier molecular flexibility index (Phi) is 3.61. The van der Waals surface area contributed by atoms with Gasteiger partial charge in [-0.2, -0.15) is 4.98 Å². The average Bonchev–Trinajstić information content (AvgIpc) is 3.00. The number of aromatic nitrogens is 3. The Morgan fingerprint density at radius 3 is 2.52 bits per heavy atom. The van der Waals surface area contributed by atoms with Crippen LogP contribution in [0.15, 0.2) is 53.3 Å². The largest absolute Gasteiger partial charge is 0.508 e. The molecule has 0 saturated carbocycles. The number of nitrogens with two attached hydrogens (primary N) is 1. The predicted molar refractivity (Wildman–Crippen MR) is 76.3 cm³/mol. The SMILES string of the molecule is N[C@H](Cc1ccc(O)cc1)c1nc(-c2ccncc2)no1. The number of phenolic OH excluding ortho intramolecular Hbond substituents is 1. The van der Waals surface area contributed by atoms with Crippen LogP contribution >= 0.6 is 0 Å². The van der Waals surface area contributed by atoms with Crippen LogP contribution in [0, 0.1) is 0 Å². The summed E-state index contributed by atoms with van der Waals surface area (Å²) in [6.45, 7) is 0. The number of hydrogen-bond donors (Lipinski definition) is 2. The van der Waals surface area contributed by atoms with E-state index < -0.39 is 6.04 Å². The summed E-state index contributed by atoms with van der Waals surface area (Å²) >= 11 is 0. The van der Waals surface area contributed by atoms with Crippen molar-refractivity contribution >= 4 is 0 Å². The lowest BCUT2D eigenvalue weighted by molar-refractivity contribution is 0.354. The molecule has 2 aromatic heterocycles. The number of hydrogen-bond acceptors (Lipinski definition) is 6. The van der Waals surface area contributed by atoms with Crippen molar-refractivity contribution in [3.63, 3.8) is 0 Å². The molecule has 106 valence electrons. The van der Waals surface area contributed by atoms with Gasteiger partial charge < -0.3 is 15.4 Å². The topological polar surface area (TPSA) is 98.1 Å². The average molecular weight is 282 g/mol. The van der Waals surface area contributed by atoms with E-state index in [1.807, 2.05) is 12.1 Å². The minimum Gasteiger partial charge on any atom is -0.508 e. The molecule has 0 spiro atoms. The van der Waals surface area contributed by atoms with E-state index in [1.165, 1.54) is 0 Å². The molecule has 3 rings (SSSR count). The van der Waals surface area contributed by atoms with E-state index in [0.29, 0.717) is 18.1 Å². The second-order valence-electron chi connectivity index (χ2n) is 4.67. The lowest BCUT2D eigenvalue weighted by Crippen LogP contribution is -2.13. The molecule has 3 aromatic rings. The Labute approximate surface area is 121 Å². The van der Waals surface area contributed by atoms with Gasteiger partial charge >= 0.3 is 0 Å². The fraction of sp³-hybridized carbons (Fsp3) is 0.133. The summed E-state index contributed by atoms with van der Waals surface area (Å²) in [7, 11) is 0. The Morgan fingerprint density at radius 1 is 1.10 bits per heavy atom. The Hall–Kier alpha value is -2.73. The van der Waals surface area contributed by atoms with Crippen LogP contribution < -0.4 is 5.73 Å². The van der Waals surface area contributed by atoms with Crippen molar-refractivity contribution in [2.45, 2.75) is 12.5 Å². The number of benzene rings is 1. The van der Waals surface area contributed by atoms with E-state index in [4.69, 9.17) is 10.3 Å². The number of nitrogens with zero attached hydrogens (tertiary/aromatic N) is 3. The minimum absolute atomic E-state index is 0.227. The van der Waals surface area contributed by atoms with Crippen molar-refractivity contribution in [3.05, 3.63) is 60.2 Å². The first-order chi connectivity index (χ1) is 10.2. The molecule has 0 radical (unpaired) electrons. The second kappa shape index (κ2) is 5.72. The Morgan fingerprint density at radius 2 is 1.81 bits per heavy atom. The van der Waals surface area contributed by atoms with Gasteiger partial charge in [0.2, 0.25) is 11.7 Å². The third-order valence-electron chi connectivity index (χ3n) is 3.09. The van der Waals surface area contributed by atoms with Crippen LogP contribution in [0.5, 0.6) is 5.75 Å². The summed E-state index contributed by atoms with van der Waals surface area (Å²) in [4.78, 5) is 8.26. The first kappa shape index (κ1) is 13.3. The fourth-order valence-electron chi connectivity index (χ4n) is 1.98. The highest BCUT2D eigenvalue weighted by atomic mass is 16.5. The second-order valence-corrected chi connectivity index (χ2v) is 4.67. The Balaban J connectivity index is 1.75. The van der Waals surface area contributed by atoms with Crippen molar-refractivity contribution < 1.29 is 9.63 Å². The van der Waals surface area contributed by atoms with Gasteiger partial charge in [-0.15, -0.1) is 0 Å². The Bertz CT molecular complexity index is 710. The third kappa shape index (κ3) is 3.06. The van der Waals surface area contributed by atoms with Crippen LogP contribution in [0.3, 0.4) is 0 Å². The molecule has 6 nitrogen and oxygen atoms in total. The number of rotatable bonds is 4. The quantitative estimate of drug-likeness (QED) is 0.760. The molecule has 1 atom stereocenters. The summed E-state index contributed by atoms with van der Waals surface area (Å²) in [5, 5.41) is 13.2. The molecule has 3 N–H and O–H groups in total. The van der Waals surface area contributed by atoms with Crippen LogP contribution in [0.1, 0.15) is 17.5 Å². The number of phenols is 1. The molecule has 0 amide bonds. The summed E-state index contributed by atoms with van der Waals surface area (Å²) in [6, 6.07) is 10.1. The molecule has 1 aromatic carbocycles. The molecule has 0 fully saturated rings. The molecule has 2 heterocycles. The highest BCUT2D eigenvalue weighted by Gasteiger charge is 2.16. The summed E-state index contributed by atoms with van der Waals surface area (Å²) in [6.07, 6.45) is 3.89. The van der Waals surface area contributed by atoms with E-state index in [0.717, 1.165) is 11.1 Å². The van der Waals surface area contributed by atoms with Gasteiger partial charge in [0.1, 0.15) is 5.75 Å². The van der Waals surface area contributed by atoms with Gasteiger partial charge in [0, 0.05) is 18.0 Å². The van der Waals surface area contributed by atoms with Crippen molar-refractivity contribution in [2.24, 2.45) is 5.73 Å². The molecular weight excluding hydrogens is 268 g/mol. The van der Waals surface area contributed by atoms with E-state index in [2.05, 4.69) is 15.1 Å². The zero-order valence-corrected chi connectivity index (χ0v) is 11.2. The van der Waals surface area contributed by atoms with Gasteiger partial charge in [0.25, 0.3) is 0 Å². The van der Waals surface area contributed by atoms with E-state index in [1.54, 1.807) is 36.7 Å². The molecular formula is C15H14N4O2. The third-order valence-corrected chi connectivity index (χ3v) is 3.09. The van der Waals surface area contributed by atoms with Crippen molar-refractivity contribution in [3.8, 4) is 17.1 Å². The maximum absolute atomic E-state index is 9.26. The molecule has 0 aliphatic heterocycles. The first-order valence-corrected chi connectivity index (χ1v) is 6.50. The van der Waals surface area contributed by atoms with E-state index in [-0.39, 0.29) is 5.75 Å². The van der Waals surface area contributed by atoms with Gasteiger partial charge in [-0.1, -0.05) is 17.3 Å². The molecule has 0 aliphatic carbocycles. The van der Waals surface area contributed by atoms with Gasteiger partial charge in [-0.25, -0.2) is 0 Å². The molecule has 21 heavy (non-hydrogen) atoms. The maximum atomic E-state index is 9.26. The van der Waals surface area contributed by atoms with E-state index in [9.17, 15) is 5.11 Å². The maximum Gasteiger partial charge on any atom is 0.244 e. The monoisotopic (exact) mass is 282 g/mol. The molecule has 6 heteroatoms. The summed E-state index contributed by atoms with van der Waals surface area (Å²) in [5.74, 6) is 1.11. The van der Waals surface area contributed by atoms with Gasteiger partial charge in [0.05, 0.1) is 6.04 Å². The van der Waals surface area contributed by atoms with Crippen LogP contribution in [0.25, 0.3) is 11.4 Å². The van der Waals surface area contributed by atoms with Crippen LogP contribution in [0.4, 0.5) is 0 Å². The summed E-state index contributed by atoms with van der Waals surface area (Å²) < 4.78 is 5.22. The molecule has 0 saturated heterocycles. The highest BCUT2D eigenvalue weighted by Crippen LogP contribution is 2.20. The first-order valence-electron chi connectivity index (χ1n) is 6.50. The molecule has 0 bridgehead atoms. The number of pyridine rings is 1. The van der Waals surface area contributed by atoms with Crippen LogP contribution in [0.2, 0.25) is 0 Å². The number of aromatic hydroxyl groups is 1. The van der Waals surface area contributed by atoms with Crippen molar-refractivity contribution in [2.75, 3.05) is 0 Å². The van der Waals surface area contributed by atoms with Gasteiger partial charge in [-0.3, -0.25) is 4.98 Å².